The zero-order valence-corrected chi connectivity index (χ0v) is 38.1. The largest absolute Gasteiger partial charge is 0.497 e. The van der Waals surface area contributed by atoms with E-state index in [2.05, 4.69) is 5.32 Å². The van der Waals surface area contributed by atoms with Gasteiger partial charge in [0.15, 0.2) is 0 Å². The summed E-state index contributed by atoms with van der Waals surface area (Å²) in [5.74, 6) is -1.41. The highest BCUT2D eigenvalue weighted by atomic mass is 32.2. The molecule has 0 saturated carbocycles. The monoisotopic (exact) mass is 839 g/mol. The van der Waals surface area contributed by atoms with Crippen LogP contribution in [0.4, 0.5) is 0 Å². The number of likely N-dealkylation sites (N-methyl/N-ethyl adjacent to an activating group) is 2. The van der Waals surface area contributed by atoms with Crippen molar-refractivity contribution >= 4 is 46.4 Å². The number of aliphatic imine (C=N–C) groups is 1. The summed E-state index contributed by atoms with van der Waals surface area (Å²) in [4.78, 5) is 80.4. The van der Waals surface area contributed by atoms with Gasteiger partial charge < -0.3 is 34.6 Å². The first-order valence-electron chi connectivity index (χ1n) is 21.2. The Labute approximate surface area is 356 Å². The highest BCUT2D eigenvalue weighted by Crippen LogP contribution is 2.34. The van der Waals surface area contributed by atoms with Gasteiger partial charge in [-0.3, -0.25) is 24.2 Å². The standard InChI is InChI=1S/C45H69N5O8S/c1-13-27(3)38-43(55)50-20-14-15-35(50)44(56)58-37(45(7,8)9)22-26(2)21-36(51)29(5)40-46-32(25-59-40)23-28(4)39(52)47-34(24-31-16-18-33(57-12)19-17-31)42(54)48(10)30(6)41(53)49(38)11/h16-19,23,26-27,29-30,32,34-38,51H,13-15,20-22,24-25H2,1-12H3,(H,47,52)/b28-23+/t26-,27-,29+,30+,32+,34+,35+,36-,37+,38+/m0/s1. The van der Waals surface area contributed by atoms with E-state index in [1.165, 1.54) is 16.8 Å². The van der Waals surface area contributed by atoms with Crippen LogP contribution in [-0.2, 0) is 35.1 Å². The molecule has 14 heteroatoms. The summed E-state index contributed by atoms with van der Waals surface area (Å²) in [5, 5.41) is 15.2. The molecular weight excluding hydrogens is 771 g/mol. The molecule has 59 heavy (non-hydrogen) atoms. The second kappa shape index (κ2) is 20.6. The molecule has 4 amide bonds. The van der Waals surface area contributed by atoms with E-state index in [1.54, 1.807) is 62.9 Å². The molecule has 0 aliphatic carbocycles. The van der Waals surface area contributed by atoms with Gasteiger partial charge in [-0.2, -0.15) is 0 Å². The van der Waals surface area contributed by atoms with Gasteiger partial charge in [0.2, 0.25) is 23.6 Å². The SMILES string of the molecule is CC[C@H](C)[C@@H]1C(=O)N2CCC[C@@H]2C(=O)O[C@@H](C(C)(C)C)C[C@@H](C)C[C@H](O)[C@@H](C)C2=N[C@H](/C=C(\C)C(=O)N[C@H](Cc3ccc(OC)cc3)C(=O)N(C)[C@H](C)C(=O)N1C)CS2. The summed E-state index contributed by atoms with van der Waals surface area (Å²) in [6.07, 6.45) is 3.41. The van der Waals surface area contributed by atoms with Crippen LogP contribution in [0.5, 0.6) is 5.75 Å². The number of fused-ring (bicyclic) bond motifs is 2. The normalized spacial score (nSPS) is 31.6. The number of thioether (sulfide) groups is 1. The van der Waals surface area contributed by atoms with Gasteiger partial charge in [0.05, 0.1) is 24.3 Å². The van der Waals surface area contributed by atoms with Gasteiger partial charge in [-0.1, -0.05) is 73.1 Å². The van der Waals surface area contributed by atoms with Crippen LogP contribution in [-0.4, -0.2) is 130 Å². The van der Waals surface area contributed by atoms with Crippen LogP contribution in [0.25, 0.3) is 0 Å². The molecule has 328 valence electrons. The fourth-order valence-electron chi connectivity index (χ4n) is 8.11. The first kappa shape index (κ1) is 47.8. The van der Waals surface area contributed by atoms with Gasteiger partial charge in [-0.15, -0.1) is 11.8 Å². The van der Waals surface area contributed by atoms with Crippen molar-refractivity contribution in [3.8, 4) is 5.75 Å². The highest BCUT2D eigenvalue weighted by Gasteiger charge is 2.44. The van der Waals surface area contributed by atoms with Crippen LogP contribution in [0.3, 0.4) is 0 Å². The molecule has 3 heterocycles. The van der Waals surface area contributed by atoms with Gasteiger partial charge in [0, 0.05) is 44.3 Å². The molecule has 1 aromatic carbocycles. The molecule has 0 spiro atoms. The van der Waals surface area contributed by atoms with E-state index < -0.39 is 65.5 Å². The third kappa shape index (κ3) is 11.9. The Balaban J connectivity index is 1.74. The molecule has 4 rings (SSSR count). The average molecular weight is 840 g/mol. The molecule has 2 bridgehead atoms. The van der Waals surface area contributed by atoms with E-state index in [4.69, 9.17) is 14.5 Å². The number of carbonyl (C=O) groups is 5. The molecule has 13 nitrogen and oxygen atoms in total. The van der Waals surface area contributed by atoms with Gasteiger partial charge in [0.1, 0.15) is 36.0 Å². The van der Waals surface area contributed by atoms with E-state index >= 15 is 0 Å². The first-order chi connectivity index (χ1) is 27.7. The molecule has 10 atom stereocenters. The lowest BCUT2D eigenvalue weighted by molar-refractivity contribution is -0.166. The Morgan fingerprint density at radius 2 is 1.66 bits per heavy atom. The number of aliphatic hydroxyl groups excluding tert-OH is 1. The van der Waals surface area contributed by atoms with Crippen LogP contribution in [0, 0.1) is 23.2 Å². The van der Waals surface area contributed by atoms with Gasteiger partial charge in [0.25, 0.3) is 0 Å². The summed E-state index contributed by atoms with van der Waals surface area (Å²) < 4.78 is 11.6. The summed E-state index contributed by atoms with van der Waals surface area (Å²) in [6.45, 7) is 17.6. The molecule has 3 aliphatic rings. The van der Waals surface area contributed by atoms with E-state index in [-0.39, 0.29) is 36.1 Å². The Kier molecular flexibility index (Phi) is 16.7. The lowest BCUT2D eigenvalue weighted by atomic mass is 9.81. The maximum Gasteiger partial charge on any atom is 0.329 e. The van der Waals surface area contributed by atoms with Crippen molar-refractivity contribution in [1.29, 1.82) is 0 Å². The van der Waals surface area contributed by atoms with Crippen molar-refractivity contribution < 1.29 is 38.6 Å². The quantitative estimate of drug-likeness (QED) is 0.377. The number of nitrogens with zero attached hydrogens (tertiary/aromatic N) is 4. The summed E-state index contributed by atoms with van der Waals surface area (Å²) in [5.41, 5.74) is 0.758. The third-order valence-electron chi connectivity index (χ3n) is 12.4. The maximum absolute atomic E-state index is 14.6. The summed E-state index contributed by atoms with van der Waals surface area (Å²) in [6, 6.07) is 3.19. The van der Waals surface area contributed by atoms with E-state index in [0.29, 0.717) is 55.7 Å². The van der Waals surface area contributed by atoms with Crippen molar-refractivity contribution in [3.05, 3.63) is 41.5 Å². The predicted octanol–water partition coefficient (Wildman–Crippen LogP) is 5.28. The highest BCUT2D eigenvalue weighted by molar-refractivity contribution is 8.14. The van der Waals surface area contributed by atoms with E-state index in [0.717, 1.165) is 10.6 Å². The summed E-state index contributed by atoms with van der Waals surface area (Å²) in [7, 11) is 4.67. The molecule has 0 unspecified atom stereocenters. The van der Waals surface area contributed by atoms with Crippen LogP contribution in [0.15, 0.2) is 40.9 Å². The predicted molar refractivity (Wildman–Crippen MR) is 232 cm³/mol. The van der Waals surface area contributed by atoms with Gasteiger partial charge in [-0.05, 0) is 74.5 Å². The third-order valence-corrected chi connectivity index (χ3v) is 13.7. The molecule has 1 fully saturated rings. The van der Waals surface area contributed by atoms with Crippen molar-refractivity contribution in [2.75, 3.05) is 33.5 Å². The van der Waals surface area contributed by atoms with Crippen LogP contribution in [0.1, 0.15) is 100.0 Å². The smallest absolute Gasteiger partial charge is 0.329 e. The Morgan fingerprint density at radius 3 is 2.27 bits per heavy atom. The fraction of sp³-hybridized carbons (Fsp3) is 0.689. The molecule has 1 saturated heterocycles. The maximum atomic E-state index is 14.6. The number of ether oxygens (including phenoxy) is 2. The Hall–Kier alpha value is -3.91. The number of hydrogen-bond donors (Lipinski definition) is 2. The zero-order chi connectivity index (χ0) is 43.9. The minimum Gasteiger partial charge on any atom is -0.497 e. The lowest BCUT2D eigenvalue weighted by Gasteiger charge is -2.39. The number of cyclic esters (lactones) is 1. The average Bonchev–Trinajstić information content (AvgIpc) is 3.89. The molecule has 0 aromatic heterocycles. The number of benzene rings is 1. The number of aliphatic hydroxyl groups is 1. The molecule has 3 aliphatic heterocycles. The number of hydrogen-bond acceptors (Lipinski definition) is 10. The first-order valence-corrected chi connectivity index (χ1v) is 22.2. The number of carbonyl (C=O) groups excluding carboxylic acids is 5. The van der Waals surface area contributed by atoms with Crippen molar-refractivity contribution in [2.45, 2.75) is 143 Å². The van der Waals surface area contributed by atoms with Crippen LogP contribution < -0.4 is 10.1 Å². The molecule has 2 N–H and O–H groups in total. The number of esters is 1. The zero-order valence-electron chi connectivity index (χ0n) is 37.3. The van der Waals surface area contributed by atoms with Crippen LogP contribution >= 0.6 is 11.8 Å². The number of nitrogens with one attached hydrogen (secondary N) is 1. The molecule has 0 radical (unpaired) electrons. The lowest BCUT2D eigenvalue weighted by Crippen LogP contribution is -2.59. The van der Waals surface area contributed by atoms with Crippen LogP contribution in [0.2, 0.25) is 0 Å². The number of methoxy groups -OCH3 is 1. The second-order valence-electron chi connectivity index (χ2n) is 18.1. The second-order valence-corrected chi connectivity index (χ2v) is 19.1. The van der Waals surface area contributed by atoms with Gasteiger partial charge >= 0.3 is 5.97 Å². The number of amides is 4. The Bertz CT molecular complexity index is 1730. The molecule has 1 aromatic rings. The summed E-state index contributed by atoms with van der Waals surface area (Å²) >= 11 is 1.56. The number of rotatable bonds is 5. The van der Waals surface area contributed by atoms with E-state index in [9.17, 15) is 29.1 Å². The fourth-order valence-corrected chi connectivity index (χ4v) is 9.25. The minimum atomic E-state index is -1.03. The van der Waals surface area contributed by atoms with Gasteiger partial charge in [-0.25, -0.2) is 4.79 Å². The van der Waals surface area contributed by atoms with Crippen molar-refractivity contribution in [3.63, 3.8) is 0 Å². The minimum absolute atomic E-state index is 0.00274. The van der Waals surface area contributed by atoms with E-state index in [1.807, 2.05) is 60.6 Å². The topological polar surface area (TPSA) is 158 Å². The van der Waals surface area contributed by atoms with Crippen molar-refractivity contribution in [1.82, 2.24) is 20.0 Å². The van der Waals surface area contributed by atoms with Crippen molar-refractivity contribution in [2.24, 2.45) is 28.2 Å². The Morgan fingerprint density at radius 1 is 1.00 bits per heavy atom. The molecular formula is C45H69N5O8S.